The second kappa shape index (κ2) is 9.47. The highest BCUT2D eigenvalue weighted by atomic mass is 32.2. The molecule has 2 aliphatic heterocycles. The highest BCUT2D eigenvalue weighted by Gasteiger charge is 2.40. The quantitative estimate of drug-likeness (QED) is 0.579. The number of sulfonamides is 1. The Balaban J connectivity index is 1.54. The summed E-state index contributed by atoms with van der Waals surface area (Å²) in [5.41, 5.74) is -0.117. The third-order valence-corrected chi connectivity index (χ3v) is 8.88. The van der Waals surface area contributed by atoms with Gasteiger partial charge in [0.1, 0.15) is 5.82 Å². The topological polar surface area (TPSA) is 43.9 Å². The zero-order chi connectivity index (χ0) is 24.7. The van der Waals surface area contributed by atoms with Gasteiger partial charge in [-0.25, -0.2) is 12.8 Å². The van der Waals surface area contributed by atoms with E-state index in [0.717, 1.165) is 37.9 Å². The second-order valence-electron chi connectivity index (χ2n) is 9.20. The standard InChI is InChI=1S/C24H29F4N3O2S/c1-17-14-18(22-7-6-19(25)15-23(22)24(26,27)28)8-9-31(17)34(32,33)21-5-3-4-20(16-21)30-12-10-29(2)11-13-30/h3-7,15-18H,8-14H2,1-2H3/t17-,18-/m0/s1. The lowest BCUT2D eigenvalue weighted by Gasteiger charge is -2.38. The number of halogens is 4. The molecule has 2 aromatic carbocycles. The van der Waals surface area contributed by atoms with Crippen LogP contribution in [0, 0.1) is 5.82 Å². The number of piperidine rings is 1. The van der Waals surface area contributed by atoms with Crippen molar-refractivity contribution < 1.29 is 26.0 Å². The van der Waals surface area contributed by atoms with Crippen molar-refractivity contribution in [2.24, 2.45) is 0 Å². The summed E-state index contributed by atoms with van der Waals surface area (Å²) in [7, 11) is -1.77. The predicted molar refractivity (Wildman–Crippen MR) is 123 cm³/mol. The molecule has 186 valence electrons. The maximum atomic E-state index is 13.5. The predicted octanol–water partition coefficient (Wildman–Crippen LogP) is 4.55. The Bertz CT molecular complexity index is 1130. The summed E-state index contributed by atoms with van der Waals surface area (Å²) < 4.78 is 82.3. The fourth-order valence-corrected chi connectivity index (χ4v) is 6.66. The number of benzene rings is 2. The van der Waals surface area contributed by atoms with Crippen LogP contribution in [0.15, 0.2) is 47.4 Å². The van der Waals surface area contributed by atoms with E-state index in [-0.39, 0.29) is 29.8 Å². The van der Waals surface area contributed by atoms with Crippen LogP contribution >= 0.6 is 0 Å². The Labute approximate surface area is 198 Å². The minimum atomic E-state index is -4.67. The highest BCUT2D eigenvalue weighted by molar-refractivity contribution is 7.89. The molecule has 2 aromatic rings. The molecule has 0 saturated carbocycles. The van der Waals surface area contributed by atoms with Gasteiger partial charge in [0.15, 0.2) is 0 Å². The molecule has 2 saturated heterocycles. The number of anilines is 1. The molecule has 2 aliphatic rings. The Morgan fingerprint density at radius 1 is 0.971 bits per heavy atom. The van der Waals surface area contributed by atoms with Gasteiger partial charge in [0.05, 0.1) is 10.5 Å². The van der Waals surface area contributed by atoms with Crippen LogP contribution in [-0.4, -0.2) is 63.4 Å². The smallest absolute Gasteiger partial charge is 0.369 e. The van der Waals surface area contributed by atoms with Crippen LogP contribution in [0.2, 0.25) is 0 Å². The van der Waals surface area contributed by atoms with Crippen molar-refractivity contribution in [1.29, 1.82) is 0 Å². The number of likely N-dealkylation sites (N-methyl/N-ethyl adjacent to an activating group) is 1. The van der Waals surface area contributed by atoms with Crippen molar-refractivity contribution in [3.8, 4) is 0 Å². The van der Waals surface area contributed by atoms with Crippen LogP contribution in [0.4, 0.5) is 23.2 Å². The van der Waals surface area contributed by atoms with Crippen LogP contribution in [-0.2, 0) is 16.2 Å². The summed E-state index contributed by atoms with van der Waals surface area (Å²) in [6, 6.07) is 9.10. The van der Waals surface area contributed by atoms with Gasteiger partial charge < -0.3 is 9.80 Å². The van der Waals surface area contributed by atoms with Crippen molar-refractivity contribution in [2.45, 2.75) is 42.8 Å². The number of hydrogen-bond donors (Lipinski definition) is 0. The van der Waals surface area contributed by atoms with E-state index in [1.165, 1.54) is 10.4 Å². The van der Waals surface area contributed by atoms with Gasteiger partial charge in [0.25, 0.3) is 0 Å². The Hall–Kier alpha value is -2.17. The average molecular weight is 500 g/mol. The molecule has 0 bridgehead atoms. The third-order valence-electron chi connectivity index (χ3n) is 6.87. The molecule has 2 heterocycles. The molecule has 34 heavy (non-hydrogen) atoms. The molecule has 0 radical (unpaired) electrons. The molecule has 0 unspecified atom stereocenters. The fraction of sp³-hybridized carbons (Fsp3) is 0.500. The summed E-state index contributed by atoms with van der Waals surface area (Å²) in [4.78, 5) is 4.56. The normalized spacial score (nSPS) is 23.3. The first-order valence-electron chi connectivity index (χ1n) is 11.4. The van der Waals surface area contributed by atoms with Gasteiger partial charge in [-0.2, -0.15) is 17.5 Å². The van der Waals surface area contributed by atoms with Gasteiger partial charge in [-0.3, -0.25) is 0 Å². The molecule has 0 N–H and O–H groups in total. The van der Waals surface area contributed by atoms with Crippen LogP contribution in [0.1, 0.15) is 36.8 Å². The van der Waals surface area contributed by atoms with Gasteiger partial charge in [-0.1, -0.05) is 12.1 Å². The van der Waals surface area contributed by atoms with Crippen LogP contribution in [0.25, 0.3) is 0 Å². The van der Waals surface area contributed by atoms with Gasteiger partial charge >= 0.3 is 6.18 Å². The molecule has 0 amide bonds. The molecule has 2 fully saturated rings. The van der Waals surface area contributed by atoms with Gasteiger partial charge in [0.2, 0.25) is 10.0 Å². The average Bonchev–Trinajstić information content (AvgIpc) is 2.79. The maximum Gasteiger partial charge on any atom is 0.416 e. The van der Waals surface area contributed by atoms with E-state index < -0.39 is 39.5 Å². The van der Waals surface area contributed by atoms with Gasteiger partial charge in [-0.15, -0.1) is 0 Å². The summed E-state index contributed by atoms with van der Waals surface area (Å²) in [6.07, 6.45) is -4.21. The van der Waals surface area contributed by atoms with Crippen LogP contribution < -0.4 is 4.90 Å². The minimum Gasteiger partial charge on any atom is -0.369 e. The van der Waals surface area contributed by atoms with E-state index in [4.69, 9.17) is 0 Å². The zero-order valence-electron chi connectivity index (χ0n) is 19.2. The largest absolute Gasteiger partial charge is 0.416 e. The van der Waals surface area contributed by atoms with E-state index in [1.54, 1.807) is 25.1 Å². The zero-order valence-corrected chi connectivity index (χ0v) is 20.0. The van der Waals surface area contributed by atoms with E-state index in [1.807, 2.05) is 13.1 Å². The van der Waals surface area contributed by atoms with E-state index >= 15 is 0 Å². The minimum absolute atomic E-state index is 0.0230. The summed E-state index contributed by atoms with van der Waals surface area (Å²) in [5.74, 6) is -1.44. The third kappa shape index (κ3) is 5.08. The number of rotatable bonds is 4. The molecular weight excluding hydrogens is 470 g/mol. The number of hydrogen-bond acceptors (Lipinski definition) is 4. The summed E-state index contributed by atoms with van der Waals surface area (Å²) in [6.45, 7) is 5.21. The van der Waals surface area contributed by atoms with Crippen LogP contribution in [0.3, 0.4) is 0 Å². The molecule has 0 spiro atoms. The molecule has 2 atom stereocenters. The van der Waals surface area contributed by atoms with Gasteiger partial charge in [0, 0.05) is 44.5 Å². The summed E-state index contributed by atoms with van der Waals surface area (Å²) >= 11 is 0. The molecular formula is C24H29F4N3O2S. The molecule has 0 aliphatic carbocycles. The van der Waals surface area contributed by atoms with E-state index in [0.29, 0.717) is 6.07 Å². The van der Waals surface area contributed by atoms with Crippen molar-refractivity contribution >= 4 is 15.7 Å². The first kappa shape index (κ1) is 24.9. The highest BCUT2D eigenvalue weighted by Crippen LogP contribution is 2.41. The fourth-order valence-electron chi connectivity index (χ4n) is 4.96. The first-order valence-corrected chi connectivity index (χ1v) is 12.8. The monoisotopic (exact) mass is 499 g/mol. The lowest BCUT2D eigenvalue weighted by Crippen LogP contribution is -2.45. The molecule has 0 aromatic heterocycles. The lowest BCUT2D eigenvalue weighted by molar-refractivity contribution is -0.138. The van der Waals surface area contributed by atoms with E-state index in [2.05, 4.69) is 9.80 Å². The van der Waals surface area contributed by atoms with Crippen molar-refractivity contribution in [3.05, 3.63) is 59.4 Å². The maximum absolute atomic E-state index is 13.5. The lowest BCUT2D eigenvalue weighted by atomic mass is 9.84. The molecule has 4 rings (SSSR count). The Morgan fingerprint density at radius 2 is 1.68 bits per heavy atom. The summed E-state index contributed by atoms with van der Waals surface area (Å²) in [5, 5.41) is 0. The van der Waals surface area contributed by atoms with Crippen LogP contribution in [0.5, 0.6) is 0 Å². The molecule has 10 heteroatoms. The number of alkyl halides is 3. The van der Waals surface area contributed by atoms with Crippen molar-refractivity contribution in [1.82, 2.24) is 9.21 Å². The number of nitrogens with zero attached hydrogens (tertiary/aromatic N) is 3. The van der Waals surface area contributed by atoms with Gasteiger partial charge in [-0.05, 0) is 68.6 Å². The molecule has 5 nitrogen and oxygen atoms in total. The Morgan fingerprint density at radius 3 is 2.32 bits per heavy atom. The van der Waals surface area contributed by atoms with E-state index in [9.17, 15) is 26.0 Å². The first-order chi connectivity index (χ1) is 16.0. The number of piperazine rings is 1. The van der Waals surface area contributed by atoms with Crippen molar-refractivity contribution in [2.75, 3.05) is 44.7 Å². The SMILES string of the molecule is C[C@H]1C[C@@H](c2ccc(F)cc2C(F)(F)F)CCN1S(=O)(=O)c1cccc(N2CCN(C)CC2)c1. The second-order valence-corrected chi connectivity index (χ2v) is 11.1. The Kier molecular flexibility index (Phi) is 6.94. The van der Waals surface area contributed by atoms with Crippen molar-refractivity contribution in [3.63, 3.8) is 0 Å².